The molecule has 0 saturated carbocycles. The van der Waals surface area contributed by atoms with Crippen LogP contribution in [0.3, 0.4) is 0 Å². The molecular weight excluding hydrogens is 506 g/mol. The van der Waals surface area contributed by atoms with E-state index in [4.69, 9.17) is 11.2 Å². The smallest absolute Gasteiger partial charge is 0.291 e. The zero-order valence-electron chi connectivity index (χ0n) is 22.3. The monoisotopic (exact) mass is 537 g/mol. The van der Waals surface area contributed by atoms with E-state index >= 15 is 0 Å². The number of hydrogen-bond donors (Lipinski definition) is 2. The first-order valence-corrected chi connectivity index (χ1v) is 13.2. The van der Waals surface area contributed by atoms with E-state index in [9.17, 15) is 9.59 Å². The highest BCUT2D eigenvalue weighted by molar-refractivity contribution is 6.01. The van der Waals surface area contributed by atoms with Gasteiger partial charge in [-0.15, -0.1) is 11.5 Å². The number of carbonyl (C=O) groups excluding carboxylic acids is 2. The van der Waals surface area contributed by atoms with Gasteiger partial charge >= 0.3 is 0 Å². The Bertz CT molecular complexity index is 1460. The Morgan fingerprint density at radius 1 is 1.12 bits per heavy atom. The lowest BCUT2D eigenvalue weighted by molar-refractivity contribution is -0.119. The first kappa shape index (κ1) is 26.9. The highest BCUT2D eigenvalue weighted by Gasteiger charge is 2.33. The fourth-order valence-electron chi connectivity index (χ4n) is 4.62. The van der Waals surface area contributed by atoms with Crippen LogP contribution in [0, 0.1) is 24.2 Å². The second-order valence-electron chi connectivity index (χ2n) is 9.78. The van der Waals surface area contributed by atoms with Gasteiger partial charge in [0, 0.05) is 31.7 Å². The van der Waals surface area contributed by atoms with Gasteiger partial charge in [0.1, 0.15) is 24.2 Å². The fraction of sp³-hybridized carbons (Fsp3) is 0.333. The second-order valence-corrected chi connectivity index (χ2v) is 9.78. The minimum absolute atomic E-state index is 0.0206. The number of hydrogen-bond acceptors (Lipinski definition) is 7. The number of nitrogens with zero attached hydrogens (tertiary/aromatic N) is 5. The first-order valence-electron chi connectivity index (χ1n) is 13.2. The molecule has 10 nitrogen and oxygen atoms in total. The lowest BCUT2D eigenvalue weighted by Crippen LogP contribution is -2.51. The van der Waals surface area contributed by atoms with Crippen molar-refractivity contribution in [2.45, 2.75) is 25.6 Å². The molecule has 2 aliphatic rings. The van der Waals surface area contributed by atoms with Crippen molar-refractivity contribution >= 4 is 17.5 Å². The zero-order valence-corrected chi connectivity index (χ0v) is 22.3. The van der Waals surface area contributed by atoms with Gasteiger partial charge in [0.2, 0.25) is 5.82 Å². The first-order chi connectivity index (χ1) is 19.5. The standard InChI is InChI=1S/C30H31N7O3/c1-3-13-35-15-17-36(18-16-35)14-7-10-23-11-12-26-25(19-23)32-29(38)27(22(2)40-26)33-30(39)28-31-21-37(34-28)20-24-8-5-4-6-9-24/h1,4-6,8-9,11-12,19,21-22,27H,13-18,20H2,2H3,(H,32,38)(H,33,39)/t22-,27-/m0/s1. The minimum atomic E-state index is -0.941. The number of anilines is 1. The van der Waals surface area contributed by atoms with Crippen LogP contribution in [0.5, 0.6) is 5.75 Å². The summed E-state index contributed by atoms with van der Waals surface area (Å²) in [6, 6.07) is 14.2. The van der Waals surface area contributed by atoms with Crippen LogP contribution in [0.25, 0.3) is 0 Å². The Morgan fingerprint density at radius 2 is 1.88 bits per heavy atom. The summed E-state index contributed by atoms with van der Waals surface area (Å²) in [6.07, 6.45) is 6.27. The average molecular weight is 538 g/mol. The molecule has 5 rings (SSSR count). The van der Waals surface area contributed by atoms with Crippen LogP contribution < -0.4 is 15.4 Å². The second kappa shape index (κ2) is 12.5. The highest BCUT2D eigenvalue weighted by Crippen LogP contribution is 2.30. The number of ether oxygens (including phenoxy) is 1. The predicted octanol–water partition coefficient (Wildman–Crippen LogP) is 1.45. The number of nitrogens with one attached hydrogen (secondary N) is 2. The van der Waals surface area contributed by atoms with Crippen molar-refractivity contribution in [2.24, 2.45) is 0 Å². The van der Waals surface area contributed by atoms with Gasteiger partial charge in [-0.2, -0.15) is 0 Å². The molecule has 2 aliphatic heterocycles. The summed E-state index contributed by atoms with van der Waals surface area (Å²) in [4.78, 5) is 34.6. The molecule has 2 N–H and O–H groups in total. The van der Waals surface area contributed by atoms with Crippen LogP contribution in [-0.4, -0.2) is 87.8 Å². The van der Waals surface area contributed by atoms with Crippen molar-refractivity contribution in [3.8, 4) is 29.9 Å². The molecule has 10 heteroatoms. The molecule has 1 saturated heterocycles. The maximum Gasteiger partial charge on any atom is 0.291 e. The molecule has 40 heavy (non-hydrogen) atoms. The molecule has 1 aromatic heterocycles. The third-order valence-electron chi connectivity index (χ3n) is 6.83. The fourth-order valence-corrected chi connectivity index (χ4v) is 4.62. The van der Waals surface area contributed by atoms with E-state index in [2.05, 4.69) is 48.3 Å². The summed E-state index contributed by atoms with van der Waals surface area (Å²) in [6.45, 7) is 7.29. The van der Waals surface area contributed by atoms with Gasteiger partial charge in [-0.25, -0.2) is 9.67 Å². The van der Waals surface area contributed by atoms with Crippen LogP contribution in [0.4, 0.5) is 5.69 Å². The molecule has 204 valence electrons. The summed E-state index contributed by atoms with van der Waals surface area (Å²) in [5, 5.41) is 9.85. The number of benzene rings is 2. The Labute approximate surface area is 233 Å². The molecule has 0 unspecified atom stereocenters. The van der Waals surface area contributed by atoms with Crippen LogP contribution >= 0.6 is 0 Å². The normalized spacial score (nSPS) is 19.1. The number of terminal acetylenes is 1. The van der Waals surface area contributed by atoms with Crippen LogP contribution in [0.1, 0.15) is 28.7 Å². The SMILES string of the molecule is C#CCN1CCN(CC#Cc2ccc3c(c2)NC(=O)[C@@H](NC(=O)c2ncn(Cc4ccccc4)n2)[C@H](C)O3)CC1. The number of piperazine rings is 1. The van der Waals surface area contributed by atoms with Crippen molar-refractivity contribution in [3.63, 3.8) is 0 Å². The van der Waals surface area contributed by atoms with Gasteiger partial charge in [0.05, 0.1) is 25.3 Å². The third kappa shape index (κ3) is 6.67. The Hall–Kier alpha value is -4.64. The predicted molar refractivity (Wildman–Crippen MR) is 151 cm³/mol. The van der Waals surface area contributed by atoms with E-state index in [1.807, 2.05) is 36.4 Å². The molecule has 0 radical (unpaired) electrons. The third-order valence-corrected chi connectivity index (χ3v) is 6.83. The number of amides is 2. The van der Waals surface area contributed by atoms with E-state index in [1.54, 1.807) is 23.7 Å². The molecular formula is C30H31N7O3. The van der Waals surface area contributed by atoms with E-state index in [1.165, 1.54) is 6.33 Å². The van der Waals surface area contributed by atoms with Gasteiger partial charge in [0.25, 0.3) is 11.8 Å². The summed E-state index contributed by atoms with van der Waals surface area (Å²) < 4.78 is 7.60. The van der Waals surface area contributed by atoms with Crippen molar-refractivity contribution in [2.75, 3.05) is 44.6 Å². The average Bonchev–Trinajstić information content (AvgIpc) is 3.39. The van der Waals surface area contributed by atoms with Gasteiger partial charge < -0.3 is 15.4 Å². The maximum absolute atomic E-state index is 13.1. The summed E-state index contributed by atoms with van der Waals surface area (Å²) in [5.41, 5.74) is 2.30. The van der Waals surface area contributed by atoms with E-state index < -0.39 is 24.0 Å². The summed E-state index contributed by atoms with van der Waals surface area (Å²) >= 11 is 0. The molecule has 0 bridgehead atoms. The van der Waals surface area contributed by atoms with Crippen LogP contribution in [0.15, 0.2) is 54.9 Å². The number of aromatic nitrogens is 3. The van der Waals surface area contributed by atoms with Gasteiger partial charge in [-0.3, -0.25) is 19.4 Å². The maximum atomic E-state index is 13.1. The Kier molecular flexibility index (Phi) is 8.41. The largest absolute Gasteiger partial charge is 0.486 e. The summed E-state index contributed by atoms with van der Waals surface area (Å²) in [5.74, 6) is 8.64. The van der Waals surface area contributed by atoms with E-state index in [-0.39, 0.29) is 5.82 Å². The van der Waals surface area contributed by atoms with Gasteiger partial charge in [-0.05, 0) is 30.7 Å². The Balaban J connectivity index is 1.18. The molecule has 3 heterocycles. The van der Waals surface area contributed by atoms with Gasteiger partial charge in [-0.1, -0.05) is 48.1 Å². The lowest BCUT2D eigenvalue weighted by atomic mass is 10.1. The van der Waals surface area contributed by atoms with Crippen LogP contribution in [-0.2, 0) is 11.3 Å². The number of carbonyl (C=O) groups is 2. The molecule has 1 fully saturated rings. The number of rotatable bonds is 6. The van der Waals surface area contributed by atoms with E-state index in [0.717, 1.165) is 37.3 Å². The van der Waals surface area contributed by atoms with Crippen LogP contribution in [0.2, 0.25) is 0 Å². The van der Waals surface area contributed by atoms with Crippen molar-refractivity contribution in [1.29, 1.82) is 0 Å². The molecule has 0 aliphatic carbocycles. The molecule has 0 spiro atoms. The summed E-state index contributed by atoms with van der Waals surface area (Å²) in [7, 11) is 0. The highest BCUT2D eigenvalue weighted by atomic mass is 16.5. The lowest BCUT2D eigenvalue weighted by Gasteiger charge is -2.32. The van der Waals surface area contributed by atoms with Crippen molar-refractivity contribution < 1.29 is 14.3 Å². The quantitative estimate of drug-likeness (QED) is 0.459. The van der Waals surface area contributed by atoms with Crippen molar-refractivity contribution in [3.05, 3.63) is 71.8 Å². The number of fused-ring (bicyclic) bond motifs is 1. The van der Waals surface area contributed by atoms with E-state index in [0.29, 0.717) is 31.1 Å². The molecule has 3 aromatic rings. The van der Waals surface area contributed by atoms with Gasteiger partial charge in [0.15, 0.2) is 0 Å². The molecule has 2 amide bonds. The topological polar surface area (TPSA) is 105 Å². The molecule has 2 aromatic carbocycles. The minimum Gasteiger partial charge on any atom is -0.486 e. The van der Waals surface area contributed by atoms with Crippen molar-refractivity contribution in [1.82, 2.24) is 29.9 Å². The zero-order chi connectivity index (χ0) is 27.9. The Morgan fingerprint density at radius 3 is 2.62 bits per heavy atom. The molecule has 2 atom stereocenters.